The van der Waals surface area contributed by atoms with E-state index in [1.165, 1.54) is 14.2 Å². The van der Waals surface area contributed by atoms with Crippen LogP contribution in [0.15, 0.2) is 90.6 Å². The second-order valence-corrected chi connectivity index (χ2v) is 6.94. The summed E-state index contributed by atoms with van der Waals surface area (Å²) in [6.07, 6.45) is 0. The van der Waals surface area contributed by atoms with E-state index in [2.05, 4.69) is 17.2 Å². The van der Waals surface area contributed by atoms with Crippen LogP contribution in [0, 0.1) is 0 Å². The standard InChI is InChI=1S/C26H26N2O5/c1-19(27-33-17-20-9-5-4-6-10-20)21-13-15-23(16-14-21)32-18-22-11-7-8-12-24(22)25(28-31-3)26(29)30-2/h4-16,27H,1,17-18H2,2-3H3. The maximum Gasteiger partial charge on any atom is 0.360 e. The van der Waals surface area contributed by atoms with E-state index in [9.17, 15) is 4.79 Å². The Morgan fingerprint density at radius 1 is 0.909 bits per heavy atom. The van der Waals surface area contributed by atoms with Crippen LogP contribution in [-0.2, 0) is 32.4 Å². The van der Waals surface area contributed by atoms with E-state index in [0.29, 0.717) is 23.6 Å². The highest BCUT2D eigenvalue weighted by Crippen LogP contribution is 2.19. The molecule has 3 aromatic rings. The van der Waals surface area contributed by atoms with Crippen LogP contribution in [0.4, 0.5) is 0 Å². The van der Waals surface area contributed by atoms with E-state index < -0.39 is 5.97 Å². The van der Waals surface area contributed by atoms with E-state index in [1.54, 1.807) is 12.1 Å². The van der Waals surface area contributed by atoms with E-state index in [4.69, 9.17) is 19.1 Å². The number of hydroxylamine groups is 1. The lowest BCUT2D eigenvalue weighted by atomic mass is 10.0. The molecule has 0 heterocycles. The lowest BCUT2D eigenvalue weighted by Gasteiger charge is -2.13. The van der Waals surface area contributed by atoms with Gasteiger partial charge in [-0.05, 0) is 41.0 Å². The molecular weight excluding hydrogens is 420 g/mol. The van der Waals surface area contributed by atoms with Gasteiger partial charge in [0.25, 0.3) is 0 Å². The average molecular weight is 447 g/mol. The first-order chi connectivity index (χ1) is 16.1. The predicted octanol–water partition coefficient (Wildman–Crippen LogP) is 4.48. The zero-order chi connectivity index (χ0) is 23.5. The van der Waals surface area contributed by atoms with Gasteiger partial charge in [0.15, 0.2) is 5.71 Å². The minimum absolute atomic E-state index is 0.0763. The Labute approximate surface area is 193 Å². The number of esters is 1. The summed E-state index contributed by atoms with van der Waals surface area (Å²) in [5.74, 6) is 0.0732. The molecule has 0 radical (unpaired) electrons. The largest absolute Gasteiger partial charge is 0.489 e. The zero-order valence-corrected chi connectivity index (χ0v) is 18.6. The third-order valence-electron chi connectivity index (χ3n) is 4.71. The van der Waals surface area contributed by atoms with Crippen molar-refractivity contribution in [3.63, 3.8) is 0 Å². The number of hydrogen-bond donors (Lipinski definition) is 1. The Bertz CT molecular complexity index is 1100. The van der Waals surface area contributed by atoms with Crippen molar-refractivity contribution in [2.75, 3.05) is 14.2 Å². The summed E-state index contributed by atoms with van der Waals surface area (Å²) in [6.45, 7) is 4.67. The van der Waals surface area contributed by atoms with Gasteiger partial charge in [0.05, 0.1) is 19.4 Å². The van der Waals surface area contributed by atoms with E-state index in [-0.39, 0.29) is 12.3 Å². The van der Waals surface area contributed by atoms with Crippen LogP contribution in [0.25, 0.3) is 5.70 Å². The molecule has 7 nitrogen and oxygen atoms in total. The first-order valence-electron chi connectivity index (χ1n) is 10.2. The van der Waals surface area contributed by atoms with Crippen molar-refractivity contribution in [2.24, 2.45) is 5.16 Å². The molecule has 3 rings (SSSR count). The van der Waals surface area contributed by atoms with Crippen molar-refractivity contribution >= 4 is 17.4 Å². The lowest BCUT2D eigenvalue weighted by molar-refractivity contribution is -0.132. The highest BCUT2D eigenvalue weighted by Gasteiger charge is 2.19. The second-order valence-electron chi connectivity index (χ2n) is 6.94. The number of ether oxygens (including phenoxy) is 2. The van der Waals surface area contributed by atoms with E-state index >= 15 is 0 Å². The van der Waals surface area contributed by atoms with Crippen LogP contribution in [0.3, 0.4) is 0 Å². The molecule has 0 saturated heterocycles. The Morgan fingerprint density at radius 3 is 2.30 bits per heavy atom. The number of nitrogens with one attached hydrogen (secondary N) is 1. The maximum atomic E-state index is 12.1. The number of oxime groups is 1. The SMILES string of the molecule is C=C(NOCc1ccccc1)c1ccc(OCc2ccccc2C(=NOC)C(=O)OC)cc1. The maximum absolute atomic E-state index is 12.1. The Kier molecular flexibility index (Phi) is 8.62. The van der Waals surface area contributed by atoms with Gasteiger partial charge in [-0.2, -0.15) is 0 Å². The average Bonchev–Trinajstić information content (AvgIpc) is 2.86. The fourth-order valence-electron chi connectivity index (χ4n) is 3.01. The van der Waals surface area contributed by atoms with Gasteiger partial charge in [0.2, 0.25) is 0 Å². The topological polar surface area (TPSA) is 78.4 Å². The molecular formula is C26H26N2O5. The number of rotatable bonds is 11. The highest BCUT2D eigenvalue weighted by molar-refractivity contribution is 6.43. The van der Waals surface area contributed by atoms with Crippen molar-refractivity contribution < 1.29 is 23.9 Å². The zero-order valence-electron chi connectivity index (χ0n) is 18.6. The summed E-state index contributed by atoms with van der Waals surface area (Å²) in [5, 5.41) is 3.81. The summed E-state index contributed by atoms with van der Waals surface area (Å²) >= 11 is 0. The third kappa shape index (κ3) is 6.69. The van der Waals surface area contributed by atoms with Crippen molar-refractivity contribution in [1.29, 1.82) is 0 Å². The fourth-order valence-corrected chi connectivity index (χ4v) is 3.01. The van der Waals surface area contributed by atoms with Gasteiger partial charge >= 0.3 is 5.97 Å². The second kappa shape index (κ2) is 12.1. The number of carbonyl (C=O) groups excluding carboxylic acids is 1. The van der Waals surface area contributed by atoms with Crippen LogP contribution in [0.5, 0.6) is 5.75 Å². The summed E-state index contributed by atoms with van der Waals surface area (Å²) in [6, 6.07) is 24.6. The quantitative estimate of drug-likeness (QED) is 0.266. The molecule has 1 N–H and O–H groups in total. The molecule has 0 aliphatic rings. The molecule has 0 fully saturated rings. The number of benzene rings is 3. The van der Waals surface area contributed by atoms with Gasteiger partial charge in [-0.15, -0.1) is 0 Å². The van der Waals surface area contributed by atoms with Crippen LogP contribution < -0.4 is 10.2 Å². The number of hydrogen-bond acceptors (Lipinski definition) is 7. The van der Waals surface area contributed by atoms with Gasteiger partial charge in [-0.25, -0.2) is 4.79 Å². The number of nitrogens with zero attached hydrogens (tertiary/aromatic N) is 1. The van der Waals surface area contributed by atoms with Crippen LogP contribution in [-0.4, -0.2) is 25.9 Å². The molecule has 0 amide bonds. The molecule has 0 aliphatic heterocycles. The molecule has 170 valence electrons. The number of carbonyl (C=O) groups is 1. The molecule has 0 saturated carbocycles. The Hall–Kier alpha value is -4.10. The van der Waals surface area contributed by atoms with Crippen LogP contribution in [0.2, 0.25) is 0 Å². The number of methoxy groups -OCH3 is 1. The fraction of sp³-hybridized carbons (Fsp3) is 0.154. The van der Waals surface area contributed by atoms with Gasteiger partial charge in [0.1, 0.15) is 19.5 Å². The summed E-state index contributed by atoms with van der Waals surface area (Å²) in [7, 11) is 2.67. The first kappa shape index (κ1) is 23.6. The minimum Gasteiger partial charge on any atom is -0.489 e. The van der Waals surface area contributed by atoms with E-state index in [1.807, 2.05) is 66.7 Å². The van der Waals surface area contributed by atoms with Gasteiger partial charge in [-0.1, -0.05) is 66.3 Å². The lowest BCUT2D eigenvalue weighted by Crippen LogP contribution is -2.19. The van der Waals surface area contributed by atoms with Gasteiger partial charge in [0, 0.05) is 5.56 Å². The molecule has 3 aromatic carbocycles. The summed E-state index contributed by atoms with van der Waals surface area (Å²) < 4.78 is 10.7. The normalized spacial score (nSPS) is 10.9. The molecule has 0 unspecified atom stereocenters. The molecule has 0 bridgehead atoms. The Balaban J connectivity index is 1.59. The molecule has 33 heavy (non-hydrogen) atoms. The monoisotopic (exact) mass is 446 g/mol. The van der Waals surface area contributed by atoms with Gasteiger partial charge in [-0.3, -0.25) is 10.3 Å². The van der Waals surface area contributed by atoms with Crippen LogP contribution >= 0.6 is 0 Å². The van der Waals surface area contributed by atoms with E-state index in [0.717, 1.165) is 16.7 Å². The third-order valence-corrected chi connectivity index (χ3v) is 4.71. The first-order valence-corrected chi connectivity index (χ1v) is 10.2. The molecule has 0 aliphatic carbocycles. The van der Waals surface area contributed by atoms with Crippen LogP contribution in [0.1, 0.15) is 22.3 Å². The minimum atomic E-state index is -0.589. The smallest absolute Gasteiger partial charge is 0.360 e. The molecule has 0 spiro atoms. The van der Waals surface area contributed by atoms with Crippen molar-refractivity contribution in [3.8, 4) is 5.75 Å². The van der Waals surface area contributed by atoms with Crippen molar-refractivity contribution in [2.45, 2.75) is 13.2 Å². The van der Waals surface area contributed by atoms with Crippen molar-refractivity contribution in [1.82, 2.24) is 5.48 Å². The Morgan fingerprint density at radius 2 is 1.61 bits per heavy atom. The molecule has 0 aromatic heterocycles. The molecule has 7 heteroatoms. The summed E-state index contributed by atoms with van der Waals surface area (Å²) in [4.78, 5) is 22.4. The highest BCUT2D eigenvalue weighted by atomic mass is 16.6. The van der Waals surface area contributed by atoms with Gasteiger partial charge < -0.3 is 14.3 Å². The van der Waals surface area contributed by atoms with Crippen molar-refractivity contribution in [3.05, 3.63) is 108 Å². The molecule has 0 atom stereocenters. The predicted molar refractivity (Wildman–Crippen MR) is 126 cm³/mol. The summed E-state index contributed by atoms with van der Waals surface area (Å²) in [5.41, 5.74) is 6.87.